The summed E-state index contributed by atoms with van der Waals surface area (Å²) >= 11 is 3.15. The zero-order valence-electron chi connectivity index (χ0n) is 10.9. The lowest BCUT2D eigenvalue weighted by Gasteiger charge is -2.27. The molecular weight excluding hydrogens is 327 g/mol. The number of hydrogen-bond donors (Lipinski definition) is 2. The van der Waals surface area contributed by atoms with Crippen molar-refractivity contribution in [1.29, 1.82) is 0 Å². The summed E-state index contributed by atoms with van der Waals surface area (Å²) in [7, 11) is 0. The van der Waals surface area contributed by atoms with Gasteiger partial charge in [0.2, 0.25) is 5.91 Å². The largest absolute Gasteiger partial charge is 0.369 e. The van der Waals surface area contributed by atoms with Gasteiger partial charge in [-0.05, 0) is 43.9 Å². The van der Waals surface area contributed by atoms with Gasteiger partial charge in [0.15, 0.2) is 0 Å². The van der Waals surface area contributed by atoms with Crippen LogP contribution in [0.5, 0.6) is 0 Å². The zero-order valence-corrected chi connectivity index (χ0v) is 12.5. The van der Waals surface area contributed by atoms with Gasteiger partial charge in [0.25, 0.3) is 5.91 Å². The van der Waals surface area contributed by atoms with Crippen molar-refractivity contribution >= 4 is 27.7 Å². The Kier molecular flexibility index (Phi) is 4.75. The van der Waals surface area contributed by atoms with Crippen LogP contribution >= 0.6 is 15.9 Å². The van der Waals surface area contributed by atoms with E-state index in [9.17, 15) is 14.0 Å². The Balaban J connectivity index is 1.94. The SMILES string of the molecule is NC(=O)C1CCC(NC(=O)c2ccc(Br)cc2F)CC1. The number of carbonyl (C=O) groups excluding carboxylic acids is 2. The predicted molar refractivity (Wildman–Crippen MR) is 76.5 cm³/mol. The second-order valence-electron chi connectivity index (χ2n) is 5.05. The minimum atomic E-state index is -0.553. The van der Waals surface area contributed by atoms with Gasteiger partial charge in [-0.1, -0.05) is 15.9 Å². The maximum Gasteiger partial charge on any atom is 0.254 e. The Labute approximate surface area is 125 Å². The summed E-state index contributed by atoms with van der Waals surface area (Å²) in [5.41, 5.74) is 5.29. The van der Waals surface area contributed by atoms with Crippen LogP contribution in [0.3, 0.4) is 0 Å². The van der Waals surface area contributed by atoms with Crippen molar-refractivity contribution in [1.82, 2.24) is 5.32 Å². The highest BCUT2D eigenvalue weighted by Gasteiger charge is 2.26. The maximum atomic E-state index is 13.7. The molecule has 0 atom stereocenters. The first-order valence-electron chi connectivity index (χ1n) is 6.52. The molecule has 20 heavy (non-hydrogen) atoms. The van der Waals surface area contributed by atoms with E-state index in [0.717, 1.165) is 0 Å². The van der Waals surface area contributed by atoms with Gasteiger partial charge in [-0.25, -0.2) is 4.39 Å². The Morgan fingerprint density at radius 3 is 2.45 bits per heavy atom. The normalized spacial score (nSPS) is 22.3. The number of primary amides is 1. The lowest BCUT2D eigenvalue weighted by atomic mass is 9.85. The molecule has 6 heteroatoms. The number of benzene rings is 1. The van der Waals surface area contributed by atoms with Crippen molar-refractivity contribution in [2.75, 3.05) is 0 Å². The fourth-order valence-electron chi connectivity index (χ4n) is 2.46. The minimum Gasteiger partial charge on any atom is -0.369 e. The molecule has 0 saturated heterocycles. The van der Waals surface area contributed by atoms with E-state index < -0.39 is 11.7 Å². The lowest BCUT2D eigenvalue weighted by Crippen LogP contribution is -2.40. The molecule has 108 valence electrons. The third-order valence-electron chi connectivity index (χ3n) is 3.64. The molecule has 1 aromatic carbocycles. The zero-order chi connectivity index (χ0) is 14.7. The molecule has 0 heterocycles. The van der Waals surface area contributed by atoms with Gasteiger partial charge in [-0.2, -0.15) is 0 Å². The summed E-state index contributed by atoms with van der Waals surface area (Å²) in [6.07, 6.45) is 2.72. The molecule has 0 radical (unpaired) electrons. The summed E-state index contributed by atoms with van der Waals surface area (Å²) in [4.78, 5) is 23.1. The first-order valence-corrected chi connectivity index (χ1v) is 7.32. The van der Waals surface area contributed by atoms with Crippen LogP contribution in [-0.4, -0.2) is 17.9 Å². The van der Waals surface area contributed by atoms with Gasteiger partial charge in [-0.15, -0.1) is 0 Å². The van der Waals surface area contributed by atoms with Gasteiger partial charge in [-0.3, -0.25) is 9.59 Å². The van der Waals surface area contributed by atoms with Crippen LogP contribution in [0.1, 0.15) is 36.0 Å². The minimum absolute atomic E-state index is 0.0267. The summed E-state index contributed by atoms with van der Waals surface area (Å²) in [5.74, 6) is -1.36. The van der Waals surface area contributed by atoms with E-state index in [1.807, 2.05) is 0 Å². The van der Waals surface area contributed by atoms with Crippen molar-refractivity contribution in [2.45, 2.75) is 31.7 Å². The molecule has 1 aromatic rings. The molecule has 1 fully saturated rings. The standard InChI is InChI=1S/C14H16BrFN2O2/c15-9-3-6-11(12(16)7-9)14(20)18-10-4-1-8(2-5-10)13(17)19/h3,6-8,10H,1-2,4-5H2,(H2,17,19)(H,18,20). The third-order valence-corrected chi connectivity index (χ3v) is 4.13. The first-order chi connectivity index (χ1) is 9.47. The summed E-state index contributed by atoms with van der Waals surface area (Å²) in [6, 6.07) is 4.31. The number of nitrogens with two attached hydrogens (primary N) is 1. The van der Waals surface area contributed by atoms with Crippen molar-refractivity contribution in [3.63, 3.8) is 0 Å². The number of rotatable bonds is 3. The fraction of sp³-hybridized carbons (Fsp3) is 0.429. The van der Waals surface area contributed by atoms with Gasteiger partial charge in [0, 0.05) is 16.4 Å². The van der Waals surface area contributed by atoms with Crippen molar-refractivity contribution in [3.8, 4) is 0 Å². The molecule has 1 saturated carbocycles. The molecule has 1 aliphatic carbocycles. The maximum absolute atomic E-state index is 13.7. The first kappa shape index (κ1) is 15.0. The van der Waals surface area contributed by atoms with Gasteiger partial charge in [0.05, 0.1) is 5.56 Å². The van der Waals surface area contributed by atoms with Crippen molar-refractivity contribution < 1.29 is 14.0 Å². The molecule has 0 aromatic heterocycles. The van der Waals surface area contributed by atoms with Gasteiger partial charge in [0.1, 0.15) is 5.82 Å². The fourth-order valence-corrected chi connectivity index (χ4v) is 2.79. The average Bonchev–Trinajstić information content (AvgIpc) is 2.39. The highest BCUT2D eigenvalue weighted by molar-refractivity contribution is 9.10. The Morgan fingerprint density at radius 1 is 1.25 bits per heavy atom. The van der Waals surface area contributed by atoms with E-state index in [1.165, 1.54) is 12.1 Å². The number of halogens is 2. The lowest BCUT2D eigenvalue weighted by molar-refractivity contribution is -0.122. The molecule has 0 bridgehead atoms. The second-order valence-corrected chi connectivity index (χ2v) is 5.96. The number of amides is 2. The number of carbonyl (C=O) groups is 2. The van der Waals surface area contributed by atoms with E-state index in [1.54, 1.807) is 6.07 Å². The summed E-state index contributed by atoms with van der Waals surface area (Å²) < 4.78 is 14.3. The van der Waals surface area contributed by atoms with E-state index in [4.69, 9.17) is 5.73 Å². The van der Waals surface area contributed by atoms with Crippen molar-refractivity contribution in [3.05, 3.63) is 34.1 Å². The van der Waals surface area contributed by atoms with Crippen LogP contribution in [0.2, 0.25) is 0 Å². The molecular formula is C14H16BrFN2O2. The van der Waals surface area contributed by atoms with Crippen LogP contribution in [0.4, 0.5) is 4.39 Å². The predicted octanol–water partition coefficient (Wildman–Crippen LogP) is 2.36. The second kappa shape index (κ2) is 6.35. The summed E-state index contributed by atoms with van der Waals surface area (Å²) in [6.45, 7) is 0. The highest BCUT2D eigenvalue weighted by atomic mass is 79.9. The smallest absolute Gasteiger partial charge is 0.254 e. The van der Waals surface area contributed by atoms with Crippen LogP contribution in [0.25, 0.3) is 0 Å². The van der Waals surface area contributed by atoms with E-state index >= 15 is 0 Å². The van der Waals surface area contributed by atoms with E-state index in [2.05, 4.69) is 21.2 Å². The van der Waals surface area contributed by atoms with Crippen LogP contribution in [0, 0.1) is 11.7 Å². The monoisotopic (exact) mass is 342 g/mol. The van der Waals surface area contributed by atoms with E-state index in [0.29, 0.717) is 30.2 Å². The molecule has 2 rings (SSSR count). The molecule has 4 nitrogen and oxygen atoms in total. The average molecular weight is 343 g/mol. The molecule has 0 unspecified atom stereocenters. The molecule has 2 amide bonds. The molecule has 1 aliphatic rings. The quantitative estimate of drug-likeness (QED) is 0.884. The van der Waals surface area contributed by atoms with Crippen LogP contribution in [-0.2, 0) is 4.79 Å². The third kappa shape index (κ3) is 3.56. The Bertz CT molecular complexity index is 528. The van der Waals surface area contributed by atoms with E-state index in [-0.39, 0.29) is 23.4 Å². The number of hydrogen-bond acceptors (Lipinski definition) is 2. The molecule has 0 spiro atoms. The van der Waals surface area contributed by atoms with Gasteiger partial charge < -0.3 is 11.1 Å². The van der Waals surface area contributed by atoms with Crippen molar-refractivity contribution in [2.24, 2.45) is 11.7 Å². The molecule has 3 N–H and O–H groups in total. The van der Waals surface area contributed by atoms with Crippen LogP contribution in [0.15, 0.2) is 22.7 Å². The number of nitrogens with one attached hydrogen (secondary N) is 1. The Morgan fingerprint density at radius 2 is 1.90 bits per heavy atom. The topological polar surface area (TPSA) is 72.2 Å². The highest BCUT2D eigenvalue weighted by Crippen LogP contribution is 2.24. The van der Waals surface area contributed by atoms with Gasteiger partial charge >= 0.3 is 0 Å². The summed E-state index contributed by atoms with van der Waals surface area (Å²) in [5, 5.41) is 2.81. The van der Waals surface area contributed by atoms with Crippen LogP contribution < -0.4 is 11.1 Å². The Hall–Kier alpha value is -1.43. The molecule has 0 aliphatic heterocycles.